The molecule has 0 bridgehead atoms. The number of hydrogen-bond acceptors (Lipinski definition) is 3. The van der Waals surface area contributed by atoms with Crippen LogP contribution < -0.4 is 10.6 Å². The van der Waals surface area contributed by atoms with E-state index in [1.807, 2.05) is 19.1 Å². The molecule has 0 heterocycles. The zero-order valence-electron chi connectivity index (χ0n) is 15.2. The normalized spacial score (nSPS) is 10.7. The molecule has 0 aliphatic carbocycles. The van der Waals surface area contributed by atoms with Crippen LogP contribution in [0.4, 0.5) is 5.69 Å². The van der Waals surface area contributed by atoms with E-state index < -0.39 is 0 Å². The van der Waals surface area contributed by atoms with E-state index in [4.69, 9.17) is 16.3 Å². The summed E-state index contributed by atoms with van der Waals surface area (Å²) in [5.74, 6) is -0.460. The van der Waals surface area contributed by atoms with Gasteiger partial charge in [-0.2, -0.15) is 0 Å². The molecule has 142 valence electrons. The summed E-state index contributed by atoms with van der Waals surface area (Å²) in [5, 5.41) is 6.23. The average Bonchev–Trinajstić information content (AvgIpc) is 2.67. The highest BCUT2D eigenvalue weighted by molar-refractivity contribution is 6.30. The fourth-order valence-electron chi connectivity index (χ4n) is 2.29. The predicted octanol–water partition coefficient (Wildman–Crippen LogP) is 4.15. The van der Waals surface area contributed by atoms with Crippen molar-refractivity contribution < 1.29 is 14.3 Å². The Hall–Kier alpha value is -2.63. The molecule has 0 fully saturated rings. The zero-order chi connectivity index (χ0) is 19.5. The Balaban J connectivity index is 1.87. The summed E-state index contributed by atoms with van der Waals surface area (Å²) in [6.45, 7) is 3.76. The molecule has 0 aliphatic heterocycles. The standard InChI is InChI=1S/C21H23ClN2O3/c1-2-27-14-4-13-23-21(26)17-5-3-6-19(15-17)24-20(25)12-9-16-7-10-18(22)11-8-16/h3,5-12,15H,2,4,13-14H2,1H3,(H,23,26)(H,24,25)/b12-9+. The molecule has 0 aromatic heterocycles. The molecule has 0 radical (unpaired) electrons. The quantitative estimate of drug-likeness (QED) is 0.502. The minimum absolute atomic E-state index is 0.181. The number of carbonyl (C=O) groups excluding carboxylic acids is 2. The van der Waals surface area contributed by atoms with Gasteiger partial charge in [0, 0.05) is 42.1 Å². The van der Waals surface area contributed by atoms with Crippen LogP contribution in [0, 0.1) is 0 Å². The van der Waals surface area contributed by atoms with Gasteiger partial charge in [-0.1, -0.05) is 29.8 Å². The van der Waals surface area contributed by atoms with Crippen molar-refractivity contribution >= 4 is 35.2 Å². The Kier molecular flexibility index (Phi) is 8.55. The van der Waals surface area contributed by atoms with Crippen LogP contribution in [0.2, 0.25) is 5.02 Å². The van der Waals surface area contributed by atoms with E-state index in [0.29, 0.717) is 36.0 Å². The first-order valence-electron chi connectivity index (χ1n) is 8.79. The van der Waals surface area contributed by atoms with Crippen molar-refractivity contribution in [2.75, 3.05) is 25.1 Å². The molecular formula is C21H23ClN2O3. The zero-order valence-corrected chi connectivity index (χ0v) is 16.0. The molecule has 0 aliphatic rings. The lowest BCUT2D eigenvalue weighted by atomic mass is 10.2. The smallest absolute Gasteiger partial charge is 0.251 e. The number of benzene rings is 2. The topological polar surface area (TPSA) is 67.4 Å². The molecule has 0 unspecified atom stereocenters. The first-order valence-corrected chi connectivity index (χ1v) is 9.17. The highest BCUT2D eigenvalue weighted by Gasteiger charge is 2.06. The molecule has 0 saturated heterocycles. The van der Waals surface area contributed by atoms with Crippen LogP contribution in [0.15, 0.2) is 54.6 Å². The first kappa shape index (κ1) is 20.7. The van der Waals surface area contributed by atoms with Gasteiger partial charge >= 0.3 is 0 Å². The maximum Gasteiger partial charge on any atom is 0.251 e. The number of anilines is 1. The lowest BCUT2D eigenvalue weighted by Crippen LogP contribution is -2.25. The van der Waals surface area contributed by atoms with E-state index in [2.05, 4.69) is 10.6 Å². The van der Waals surface area contributed by atoms with E-state index in [1.54, 1.807) is 42.5 Å². The van der Waals surface area contributed by atoms with E-state index in [-0.39, 0.29) is 11.8 Å². The minimum atomic E-state index is -0.278. The third kappa shape index (κ3) is 7.64. The highest BCUT2D eigenvalue weighted by atomic mass is 35.5. The van der Waals surface area contributed by atoms with Crippen molar-refractivity contribution in [3.05, 3.63) is 70.8 Å². The first-order chi connectivity index (χ1) is 13.1. The molecule has 0 saturated carbocycles. The van der Waals surface area contributed by atoms with Gasteiger partial charge in [0.25, 0.3) is 5.91 Å². The summed E-state index contributed by atoms with van der Waals surface area (Å²) in [6, 6.07) is 14.0. The van der Waals surface area contributed by atoms with Gasteiger partial charge in [-0.15, -0.1) is 0 Å². The largest absolute Gasteiger partial charge is 0.382 e. The summed E-state index contributed by atoms with van der Waals surface area (Å²) >= 11 is 5.83. The predicted molar refractivity (Wildman–Crippen MR) is 109 cm³/mol. The van der Waals surface area contributed by atoms with Gasteiger partial charge in [-0.25, -0.2) is 0 Å². The summed E-state index contributed by atoms with van der Waals surface area (Å²) in [7, 11) is 0. The molecule has 2 aromatic carbocycles. The van der Waals surface area contributed by atoms with E-state index in [9.17, 15) is 9.59 Å². The molecule has 2 N–H and O–H groups in total. The van der Waals surface area contributed by atoms with Crippen LogP contribution in [0.1, 0.15) is 29.3 Å². The van der Waals surface area contributed by atoms with Crippen molar-refractivity contribution in [3.63, 3.8) is 0 Å². The SMILES string of the molecule is CCOCCCNC(=O)c1cccc(NC(=O)/C=C/c2ccc(Cl)cc2)c1. The molecule has 2 amide bonds. The van der Waals surface area contributed by atoms with Gasteiger partial charge in [0.2, 0.25) is 5.91 Å². The number of hydrogen-bond donors (Lipinski definition) is 2. The van der Waals surface area contributed by atoms with Crippen LogP contribution in [0.3, 0.4) is 0 Å². The summed E-state index contributed by atoms with van der Waals surface area (Å²) in [6.07, 6.45) is 3.88. The van der Waals surface area contributed by atoms with Crippen molar-refractivity contribution in [1.82, 2.24) is 5.32 Å². The van der Waals surface area contributed by atoms with Gasteiger partial charge in [-0.05, 0) is 55.3 Å². The summed E-state index contributed by atoms with van der Waals surface area (Å²) < 4.78 is 5.23. The van der Waals surface area contributed by atoms with Gasteiger partial charge in [0.15, 0.2) is 0 Å². The molecule has 6 heteroatoms. The maximum atomic E-state index is 12.2. The molecule has 5 nitrogen and oxygen atoms in total. The Bertz CT molecular complexity index is 788. The van der Waals surface area contributed by atoms with Crippen LogP contribution >= 0.6 is 11.6 Å². The highest BCUT2D eigenvalue weighted by Crippen LogP contribution is 2.12. The van der Waals surface area contributed by atoms with Gasteiger partial charge in [-0.3, -0.25) is 9.59 Å². The molecule has 27 heavy (non-hydrogen) atoms. The van der Waals surface area contributed by atoms with Crippen LogP contribution in [-0.4, -0.2) is 31.6 Å². The molecule has 0 spiro atoms. The van der Waals surface area contributed by atoms with Crippen molar-refractivity contribution in [1.29, 1.82) is 0 Å². The van der Waals surface area contributed by atoms with Crippen molar-refractivity contribution in [3.8, 4) is 0 Å². The molecule has 0 atom stereocenters. The van der Waals surface area contributed by atoms with Crippen LogP contribution in [0.25, 0.3) is 6.08 Å². The third-order valence-electron chi connectivity index (χ3n) is 3.64. The lowest BCUT2D eigenvalue weighted by Gasteiger charge is -2.07. The monoisotopic (exact) mass is 386 g/mol. The average molecular weight is 387 g/mol. The van der Waals surface area contributed by atoms with Crippen LogP contribution in [-0.2, 0) is 9.53 Å². The summed E-state index contributed by atoms with van der Waals surface area (Å²) in [4.78, 5) is 24.2. The molecular weight excluding hydrogens is 364 g/mol. The second kappa shape index (κ2) is 11.2. The lowest BCUT2D eigenvalue weighted by molar-refractivity contribution is -0.111. The number of halogens is 1. The number of rotatable bonds is 9. The summed E-state index contributed by atoms with van der Waals surface area (Å²) in [5.41, 5.74) is 1.92. The second-order valence-electron chi connectivity index (χ2n) is 5.76. The van der Waals surface area contributed by atoms with Gasteiger partial charge in [0.1, 0.15) is 0 Å². The molecule has 2 aromatic rings. The minimum Gasteiger partial charge on any atom is -0.382 e. The van der Waals surface area contributed by atoms with Gasteiger partial charge < -0.3 is 15.4 Å². The van der Waals surface area contributed by atoms with E-state index >= 15 is 0 Å². The van der Waals surface area contributed by atoms with E-state index in [1.165, 1.54) is 6.08 Å². The number of amides is 2. The third-order valence-corrected chi connectivity index (χ3v) is 3.90. The maximum absolute atomic E-state index is 12.2. The molecule has 2 rings (SSSR count). The number of carbonyl (C=O) groups is 2. The number of ether oxygens (including phenoxy) is 1. The fraction of sp³-hybridized carbons (Fsp3) is 0.238. The second-order valence-corrected chi connectivity index (χ2v) is 6.20. The van der Waals surface area contributed by atoms with Gasteiger partial charge in [0.05, 0.1) is 0 Å². The fourth-order valence-corrected chi connectivity index (χ4v) is 2.42. The Morgan fingerprint density at radius 2 is 1.93 bits per heavy atom. The van der Waals surface area contributed by atoms with Crippen molar-refractivity contribution in [2.45, 2.75) is 13.3 Å². The van der Waals surface area contributed by atoms with Crippen LogP contribution in [0.5, 0.6) is 0 Å². The Morgan fingerprint density at radius 1 is 1.15 bits per heavy atom. The Labute approximate surface area is 164 Å². The Morgan fingerprint density at radius 3 is 2.67 bits per heavy atom. The number of nitrogens with one attached hydrogen (secondary N) is 2. The van der Waals surface area contributed by atoms with Crippen molar-refractivity contribution in [2.24, 2.45) is 0 Å². The van der Waals surface area contributed by atoms with E-state index in [0.717, 1.165) is 12.0 Å².